The van der Waals surface area contributed by atoms with Crippen molar-refractivity contribution in [3.05, 3.63) is 53.6 Å². The van der Waals surface area contributed by atoms with Gasteiger partial charge in [0.25, 0.3) is 0 Å². The van der Waals surface area contributed by atoms with Crippen LogP contribution >= 0.6 is 0 Å². The van der Waals surface area contributed by atoms with E-state index in [0.717, 1.165) is 30.9 Å². The second kappa shape index (κ2) is 7.04. The number of ether oxygens (including phenoxy) is 1. The van der Waals surface area contributed by atoms with Crippen molar-refractivity contribution in [2.24, 2.45) is 0 Å². The van der Waals surface area contributed by atoms with Crippen LogP contribution in [0.3, 0.4) is 0 Å². The fourth-order valence-corrected chi connectivity index (χ4v) is 2.10. The standard InChI is InChI=1S/C16H21N3O2/c1-18(2)10-8-15-17-9-11-19(15)12-13-4-6-14(7-5-13)16(20)21-3/h4-7,9,11H,8,10,12H2,1-3H3. The van der Waals surface area contributed by atoms with E-state index in [2.05, 4.69) is 28.5 Å². The molecule has 0 radical (unpaired) electrons. The first-order valence-electron chi connectivity index (χ1n) is 6.92. The molecular formula is C16H21N3O2. The van der Waals surface area contributed by atoms with Gasteiger partial charge in [-0.2, -0.15) is 0 Å². The lowest BCUT2D eigenvalue weighted by atomic mass is 10.1. The summed E-state index contributed by atoms with van der Waals surface area (Å²) in [5.74, 6) is 0.761. The molecule has 1 aromatic heterocycles. The zero-order valence-electron chi connectivity index (χ0n) is 12.7. The minimum atomic E-state index is -0.309. The smallest absolute Gasteiger partial charge is 0.337 e. The van der Waals surface area contributed by atoms with E-state index in [1.165, 1.54) is 7.11 Å². The van der Waals surface area contributed by atoms with Crippen LogP contribution in [0.2, 0.25) is 0 Å². The monoisotopic (exact) mass is 287 g/mol. The van der Waals surface area contributed by atoms with Gasteiger partial charge in [-0.05, 0) is 31.8 Å². The molecular weight excluding hydrogens is 266 g/mol. The molecule has 1 aromatic carbocycles. The summed E-state index contributed by atoms with van der Waals surface area (Å²) in [5, 5.41) is 0. The van der Waals surface area contributed by atoms with E-state index >= 15 is 0 Å². The van der Waals surface area contributed by atoms with E-state index in [4.69, 9.17) is 4.74 Å². The number of benzene rings is 1. The first kappa shape index (κ1) is 15.3. The number of carbonyl (C=O) groups is 1. The summed E-state index contributed by atoms with van der Waals surface area (Å²) < 4.78 is 6.83. The van der Waals surface area contributed by atoms with Crippen LogP contribution in [0.4, 0.5) is 0 Å². The lowest BCUT2D eigenvalue weighted by Gasteiger charge is -2.11. The summed E-state index contributed by atoms with van der Waals surface area (Å²) in [6.07, 6.45) is 4.73. The fourth-order valence-electron chi connectivity index (χ4n) is 2.10. The Kier molecular flexibility index (Phi) is 5.11. The number of imidazole rings is 1. The zero-order chi connectivity index (χ0) is 15.2. The molecule has 0 amide bonds. The summed E-state index contributed by atoms with van der Waals surface area (Å²) >= 11 is 0. The van der Waals surface area contributed by atoms with Crippen molar-refractivity contribution >= 4 is 5.97 Å². The third-order valence-electron chi connectivity index (χ3n) is 3.31. The molecule has 2 rings (SSSR count). The van der Waals surface area contributed by atoms with Crippen LogP contribution in [0.15, 0.2) is 36.7 Å². The predicted molar refractivity (Wildman–Crippen MR) is 81.4 cm³/mol. The molecule has 21 heavy (non-hydrogen) atoms. The summed E-state index contributed by atoms with van der Waals surface area (Å²) in [7, 11) is 5.50. The first-order valence-corrected chi connectivity index (χ1v) is 6.92. The molecule has 0 saturated heterocycles. The van der Waals surface area contributed by atoms with Gasteiger partial charge in [-0.1, -0.05) is 12.1 Å². The molecule has 2 aromatic rings. The Morgan fingerprint density at radius 3 is 2.62 bits per heavy atom. The number of hydrogen-bond donors (Lipinski definition) is 0. The number of carbonyl (C=O) groups excluding carboxylic acids is 1. The van der Waals surface area contributed by atoms with Crippen molar-refractivity contribution in [2.75, 3.05) is 27.7 Å². The number of rotatable bonds is 6. The summed E-state index contributed by atoms with van der Waals surface area (Å²) in [6, 6.07) is 7.47. The first-order chi connectivity index (χ1) is 10.1. The van der Waals surface area contributed by atoms with Gasteiger partial charge in [0.2, 0.25) is 0 Å². The van der Waals surface area contributed by atoms with Gasteiger partial charge in [0.1, 0.15) is 5.82 Å². The Hall–Kier alpha value is -2.14. The van der Waals surface area contributed by atoms with Crippen molar-refractivity contribution in [3.63, 3.8) is 0 Å². The Labute approximate surface area is 125 Å². The molecule has 5 nitrogen and oxygen atoms in total. The van der Waals surface area contributed by atoms with Gasteiger partial charge in [-0.25, -0.2) is 9.78 Å². The summed E-state index contributed by atoms with van der Waals surface area (Å²) in [4.78, 5) is 18.0. The highest BCUT2D eigenvalue weighted by atomic mass is 16.5. The number of hydrogen-bond acceptors (Lipinski definition) is 4. The van der Waals surface area contributed by atoms with Gasteiger partial charge < -0.3 is 14.2 Å². The van der Waals surface area contributed by atoms with Gasteiger partial charge in [-0.3, -0.25) is 0 Å². The van der Waals surface area contributed by atoms with E-state index < -0.39 is 0 Å². The molecule has 112 valence electrons. The van der Waals surface area contributed by atoms with Crippen LogP contribution in [0.5, 0.6) is 0 Å². The third kappa shape index (κ3) is 4.16. The van der Waals surface area contributed by atoms with Gasteiger partial charge in [-0.15, -0.1) is 0 Å². The topological polar surface area (TPSA) is 47.4 Å². The number of methoxy groups -OCH3 is 1. The van der Waals surface area contributed by atoms with E-state index in [1.807, 2.05) is 24.5 Å². The van der Waals surface area contributed by atoms with Crippen molar-refractivity contribution in [1.82, 2.24) is 14.5 Å². The number of aromatic nitrogens is 2. The van der Waals surface area contributed by atoms with Crippen molar-refractivity contribution < 1.29 is 9.53 Å². The van der Waals surface area contributed by atoms with E-state index in [0.29, 0.717) is 5.56 Å². The quantitative estimate of drug-likeness (QED) is 0.760. The van der Waals surface area contributed by atoms with Gasteiger partial charge in [0, 0.05) is 31.9 Å². The van der Waals surface area contributed by atoms with Crippen molar-refractivity contribution in [1.29, 1.82) is 0 Å². The fraction of sp³-hybridized carbons (Fsp3) is 0.375. The van der Waals surface area contributed by atoms with Crippen LogP contribution in [-0.4, -0.2) is 48.2 Å². The Morgan fingerprint density at radius 1 is 1.29 bits per heavy atom. The molecule has 1 heterocycles. The number of esters is 1. The maximum absolute atomic E-state index is 11.4. The largest absolute Gasteiger partial charge is 0.465 e. The molecule has 0 fully saturated rings. The zero-order valence-corrected chi connectivity index (χ0v) is 12.7. The molecule has 0 N–H and O–H groups in total. The highest BCUT2D eigenvalue weighted by Crippen LogP contribution is 2.09. The Bertz CT molecular complexity index is 588. The molecule has 0 atom stereocenters. The maximum atomic E-state index is 11.4. The van der Waals surface area contributed by atoms with Gasteiger partial charge in [0.15, 0.2) is 0 Å². The minimum Gasteiger partial charge on any atom is -0.465 e. The minimum absolute atomic E-state index is 0.309. The van der Waals surface area contributed by atoms with Crippen LogP contribution in [0.25, 0.3) is 0 Å². The summed E-state index contributed by atoms with van der Waals surface area (Å²) in [5.41, 5.74) is 1.70. The molecule has 0 aliphatic rings. The third-order valence-corrected chi connectivity index (χ3v) is 3.31. The highest BCUT2D eigenvalue weighted by molar-refractivity contribution is 5.89. The highest BCUT2D eigenvalue weighted by Gasteiger charge is 2.07. The van der Waals surface area contributed by atoms with Crippen LogP contribution in [0.1, 0.15) is 21.7 Å². The van der Waals surface area contributed by atoms with Crippen molar-refractivity contribution in [3.8, 4) is 0 Å². The Morgan fingerprint density at radius 2 is 2.00 bits per heavy atom. The van der Waals surface area contributed by atoms with E-state index in [9.17, 15) is 4.79 Å². The molecule has 0 aliphatic carbocycles. The maximum Gasteiger partial charge on any atom is 0.337 e. The Balaban J connectivity index is 2.05. The summed E-state index contributed by atoms with van der Waals surface area (Å²) in [6.45, 7) is 1.72. The van der Waals surface area contributed by atoms with Gasteiger partial charge in [0.05, 0.1) is 12.7 Å². The number of likely N-dealkylation sites (N-methyl/N-ethyl adjacent to an activating group) is 1. The van der Waals surface area contributed by atoms with Crippen LogP contribution in [-0.2, 0) is 17.7 Å². The second-order valence-corrected chi connectivity index (χ2v) is 5.21. The molecule has 5 heteroatoms. The predicted octanol–water partition coefficient (Wildman–Crippen LogP) is 1.82. The average molecular weight is 287 g/mol. The van der Waals surface area contributed by atoms with E-state index in [-0.39, 0.29) is 5.97 Å². The molecule has 0 saturated carbocycles. The molecule has 0 bridgehead atoms. The number of nitrogens with zero attached hydrogens (tertiary/aromatic N) is 3. The van der Waals surface area contributed by atoms with Gasteiger partial charge >= 0.3 is 5.97 Å². The lowest BCUT2D eigenvalue weighted by molar-refractivity contribution is 0.0600. The van der Waals surface area contributed by atoms with Crippen LogP contribution in [0, 0.1) is 0 Å². The van der Waals surface area contributed by atoms with E-state index in [1.54, 1.807) is 12.1 Å². The average Bonchev–Trinajstić information content (AvgIpc) is 2.92. The lowest BCUT2D eigenvalue weighted by Crippen LogP contribution is -2.17. The normalized spacial score (nSPS) is 10.9. The molecule has 0 aliphatic heterocycles. The second-order valence-electron chi connectivity index (χ2n) is 5.21. The SMILES string of the molecule is COC(=O)c1ccc(Cn2ccnc2CCN(C)C)cc1. The van der Waals surface area contributed by atoms with Crippen LogP contribution < -0.4 is 0 Å². The molecule has 0 spiro atoms. The van der Waals surface area contributed by atoms with Crippen molar-refractivity contribution in [2.45, 2.75) is 13.0 Å². The molecule has 0 unspecified atom stereocenters.